The lowest BCUT2D eigenvalue weighted by Gasteiger charge is -2.35. The second kappa shape index (κ2) is 6.09. The van der Waals surface area contributed by atoms with Crippen molar-refractivity contribution in [3.05, 3.63) is 0 Å². The molecule has 0 bridgehead atoms. The van der Waals surface area contributed by atoms with Crippen molar-refractivity contribution in [2.24, 2.45) is 0 Å². The van der Waals surface area contributed by atoms with Crippen LogP contribution >= 0.6 is 0 Å². The van der Waals surface area contributed by atoms with E-state index in [2.05, 4.69) is 0 Å². The molecule has 0 N–H and O–H groups in total. The van der Waals surface area contributed by atoms with E-state index in [0.717, 1.165) is 0 Å². The van der Waals surface area contributed by atoms with Gasteiger partial charge in [0.2, 0.25) is 0 Å². The lowest BCUT2D eigenvalue weighted by molar-refractivity contribution is -0.333. The lowest BCUT2D eigenvalue weighted by Crippen LogP contribution is -2.54. The zero-order chi connectivity index (χ0) is 12.3. The van der Waals surface area contributed by atoms with Crippen LogP contribution in [0.4, 0.5) is 0 Å². The van der Waals surface area contributed by atoms with Gasteiger partial charge in [-0.3, -0.25) is 0 Å². The van der Waals surface area contributed by atoms with Gasteiger partial charge in [0.1, 0.15) is 0 Å². The maximum absolute atomic E-state index is 5.07. The van der Waals surface area contributed by atoms with Gasteiger partial charge in [0.15, 0.2) is 0 Å². The number of rotatable bonds is 7. The van der Waals surface area contributed by atoms with Crippen LogP contribution < -0.4 is 0 Å². The number of hydrogen-bond acceptors (Lipinski definition) is 9. The molecule has 0 atom stereocenters. The molecule has 0 aromatic rings. The quantitative estimate of drug-likeness (QED) is 0.411. The van der Waals surface area contributed by atoms with E-state index in [-0.39, 0.29) is 0 Å². The Bertz CT molecular complexity index is 210. The molecule has 0 aliphatic carbocycles. The molecule has 17 heavy (non-hydrogen) atoms. The molecule has 2 heterocycles. The third-order valence-corrected chi connectivity index (χ3v) is 1.91. The first-order valence-electron chi connectivity index (χ1n) is 4.76. The Kier molecular flexibility index (Phi) is 4.73. The summed E-state index contributed by atoms with van der Waals surface area (Å²) in [4.78, 5) is 0. The second-order valence-electron chi connectivity index (χ2n) is 2.97. The monoisotopic (exact) mass is 250 g/mol. The third-order valence-electron chi connectivity index (χ3n) is 1.91. The minimum Gasteiger partial charge on any atom is -0.337 e. The number of ether oxygens (including phenoxy) is 3. The van der Waals surface area contributed by atoms with E-state index in [9.17, 15) is 0 Å². The minimum absolute atomic E-state index is 0.730. The van der Waals surface area contributed by atoms with Gasteiger partial charge in [-0.05, 0) is 0 Å². The van der Waals surface area contributed by atoms with E-state index in [1.807, 2.05) is 0 Å². The van der Waals surface area contributed by atoms with Crippen LogP contribution in [0.3, 0.4) is 0 Å². The van der Waals surface area contributed by atoms with Gasteiger partial charge >= 0.3 is 14.6 Å². The van der Waals surface area contributed by atoms with Crippen LogP contribution in [0.25, 0.3) is 0 Å². The highest BCUT2D eigenvalue weighted by Gasteiger charge is 2.46. The molecule has 2 aliphatic rings. The molecule has 2 aliphatic heterocycles. The predicted octanol–water partition coefficient (Wildman–Crippen LogP) is -1.13. The van der Waals surface area contributed by atoms with E-state index in [1.54, 1.807) is 0 Å². The van der Waals surface area contributed by atoms with E-state index in [1.165, 1.54) is 21.3 Å². The minimum atomic E-state index is -1.05. The first-order chi connectivity index (χ1) is 8.25. The summed E-state index contributed by atoms with van der Waals surface area (Å²) in [5.41, 5.74) is 0. The Morgan fingerprint density at radius 1 is 0.824 bits per heavy atom. The Balaban J connectivity index is 1.61. The van der Waals surface area contributed by atoms with Crippen LogP contribution in [-0.4, -0.2) is 55.4 Å². The van der Waals surface area contributed by atoms with Crippen LogP contribution in [-0.2, 0) is 42.1 Å². The highest BCUT2D eigenvalue weighted by molar-refractivity contribution is 6.39. The SMILES string of the molecule is COC1OB(OC(OC)OB2OC(OC)O2)O1. The molecule has 2 saturated heterocycles. The molecule has 0 saturated carbocycles. The molecule has 0 amide bonds. The van der Waals surface area contributed by atoms with Crippen molar-refractivity contribution in [2.45, 2.75) is 19.4 Å². The zero-order valence-electron chi connectivity index (χ0n) is 9.56. The third kappa shape index (κ3) is 3.37. The van der Waals surface area contributed by atoms with Crippen molar-refractivity contribution in [1.82, 2.24) is 0 Å². The Morgan fingerprint density at radius 3 is 1.53 bits per heavy atom. The molecule has 0 radical (unpaired) electrons. The normalized spacial score (nSPS) is 21.9. The first-order valence-corrected chi connectivity index (χ1v) is 4.76. The number of methoxy groups -OCH3 is 3. The van der Waals surface area contributed by atoms with E-state index in [4.69, 9.17) is 42.1 Å². The summed E-state index contributed by atoms with van der Waals surface area (Å²) >= 11 is 0. The Hall–Kier alpha value is -0.230. The van der Waals surface area contributed by atoms with Crippen LogP contribution in [0.2, 0.25) is 0 Å². The summed E-state index contributed by atoms with van der Waals surface area (Å²) in [7, 11) is 2.42. The summed E-state index contributed by atoms with van der Waals surface area (Å²) in [5, 5.41) is 0. The van der Waals surface area contributed by atoms with Crippen molar-refractivity contribution >= 4 is 14.6 Å². The van der Waals surface area contributed by atoms with Crippen LogP contribution in [0.15, 0.2) is 0 Å². The second-order valence-corrected chi connectivity index (χ2v) is 2.97. The Labute approximate surface area is 98.4 Å². The van der Waals surface area contributed by atoms with Crippen molar-refractivity contribution in [2.75, 3.05) is 21.3 Å². The molecule has 11 heteroatoms. The number of hydrogen-bond donors (Lipinski definition) is 0. The van der Waals surface area contributed by atoms with E-state index >= 15 is 0 Å². The zero-order valence-corrected chi connectivity index (χ0v) is 9.56. The summed E-state index contributed by atoms with van der Waals surface area (Å²) in [6.07, 6.45) is 0. The van der Waals surface area contributed by atoms with Gasteiger partial charge < -0.3 is 42.1 Å². The van der Waals surface area contributed by atoms with Gasteiger partial charge in [-0.15, -0.1) is 0 Å². The molecule has 2 rings (SSSR count). The Morgan fingerprint density at radius 2 is 1.24 bits per heavy atom. The smallest absolute Gasteiger partial charge is 0.337 e. The average Bonchev–Trinajstić information content (AvgIpc) is 2.24. The van der Waals surface area contributed by atoms with Crippen LogP contribution in [0.5, 0.6) is 0 Å². The predicted molar refractivity (Wildman–Crippen MR) is 50.4 cm³/mol. The van der Waals surface area contributed by atoms with Crippen LogP contribution in [0, 0.1) is 0 Å². The van der Waals surface area contributed by atoms with Crippen molar-refractivity contribution in [3.63, 3.8) is 0 Å². The standard InChI is InChI=1S/C6H12B2O9/c1-9-4-12-7(13-4)16-6(11-3)17-8-14-5(10-2)15-8/h4-6H,1-3H3. The molecule has 96 valence electrons. The van der Waals surface area contributed by atoms with Gasteiger partial charge in [0, 0.05) is 21.3 Å². The molecule has 0 aromatic carbocycles. The maximum Gasteiger partial charge on any atom is 0.650 e. The fourth-order valence-electron chi connectivity index (χ4n) is 1.06. The maximum atomic E-state index is 5.07. The lowest BCUT2D eigenvalue weighted by atomic mass is 10.2. The highest BCUT2D eigenvalue weighted by Crippen LogP contribution is 2.20. The van der Waals surface area contributed by atoms with Gasteiger partial charge in [-0.1, -0.05) is 0 Å². The summed E-state index contributed by atoms with van der Waals surface area (Å²) in [5.74, 6) is 0. The van der Waals surface area contributed by atoms with Gasteiger partial charge in [-0.2, -0.15) is 0 Å². The van der Waals surface area contributed by atoms with Gasteiger partial charge in [0.25, 0.3) is 19.4 Å². The molecular weight excluding hydrogens is 238 g/mol. The van der Waals surface area contributed by atoms with Crippen molar-refractivity contribution in [3.8, 4) is 0 Å². The average molecular weight is 250 g/mol. The van der Waals surface area contributed by atoms with Crippen molar-refractivity contribution < 1.29 is 42.1 Å². The molecule has 0 spiro atoms. The van der Waals surface area contributed by atoms with E-state index < -0.39 is 34.1 Å². The summed E-state index contributed by atoms with van der Waals surface area (Å²) in [6.45, 7) is -2.52. The van der Waals surface area contributed by atoms with Crippen LogP contribution in [0.1, 0.15) is 0 Å². The highest BCUT2D eigenvalue weighted by atomic mass is 17.0. The summed E-state index contributed by atoms with van der Waals surface area (Å²) < 4.78 is 44.3. The molecular formula is C6H12B2O9. The van der Waals surface area contributed by atoms with Gasteiger partial charge in [0.05, 0.1) is 0 Å². The van der Waals surface area contributed by atoms with E-state index in [0.29, 0.717) is 0 Å². The largest absolute Gasteiger partial charge is 0.650 e. The fourth-order valence-corrected chi connectivity index (χ4v) is 1.06. The molecule has 9 nitrogen and oxygen atoms in total. The van der Waals surface area contributed by atoms with Crippen molar-refractivity contribution in [1.29, 1.82) is 0 Å². The molecule has 2 fully saturated rings. The molecule has 0 unspecified atom stereocenters. The van der Waals surface area contributed by atoms with Gasteiger partial charge in [-0.25, -0.2) is 0 Å². The first kappa shape index (κ1) is 13.2. The summed E-state index contributed by atoms with van der Waals surface area (Å²) in [6, 6.07) is 0. The fraction of sp³-hybridized carbons (Fsp3) is 1.00. The topological polar surface area (TPSA) is 83.1 Å². The molecule has 0 aromatic heterocycles.